The Morgan fingerprint density at radius 3 is 2.74 bits per heavy atom. The lowest BCUT2D eigenvalue weighted by atomic mass is 9.91. The van der Waals surface area contributed by atoms with Crippen molar-refractivity contribution >= 4 is 11.6 Å². The molecule has 0 saturated heterocycles. The van der Waals surface area contributed by atoms with Crippen molar-refractivity contribution in [3.05, 3.63) is 59.4 Å². The van der Waals surface area contributed by atoms with E-state index in [-0.39, 0.29) is 11.9 Å². The molecular weight excluding hydrogens is 388 g/mol. The number of anilines is 1. The quantitative estimate of drug-likeness (QED) is 0.630. The number of carbonyl (C=O) groups excluding carboxylic acids is 1. The van der Waals surface area contributed by atoms with Gasteiger partial charge in [0.25, 0.3) is 0 Å². The lowest BCUT2D eigenvalue weighted by Crippen LogP contribution is -2.40. The molecule has 2 aliphatic rings. The molecule has 0 radical (unpaired) electrons. The summed E-state index contributed by atoms with van der Waals surface area (Å²) >= 11 is 0. The van der Waals surface area contributed by atoms with Gasteiger partial charge in [-0.2, -0.15) is 10.4 Å². The van der Waals surface area contributed by atoms with Crippen molar-refractivity contribution in [1.29, 1.82) is 5.26 Å². The molecule has 1 saturated carbocycles. The van der Waals surface area contributed by atoms with Crippen LogP contribution < -0.4 is 9.64 Å². The number of nitrogens with one attached hydrogen (secondary N) is 1. The highest BCUT2D eigenvalue weighted by atomic mass is 16.5. The maximum Gasteiger partial charge on any atom is 0.224 e. The normalized spacial score (nSPS) is 17.7. The van der Waals surface area contributed by atoms with E-state index in [4.69, 9.17) is 4.74 Å². The lowest BCUT2D eigenvalue weighted by molar-refractivity contribution is -0.117. The summed E-state index contributed by atoms with van der Waals surface area (Å²) in [5.41, 5.74) is 5.47. The number of amides is 1. The van der Waals surface area contributed by atoms with Crippen molar-refractivity contribution in [3.63, 3.8) is 0 Å². The van der Waals surface area contributed by atoms with E-state index in [0.717, 1.165) is 53.8 Å². The van der Waals surface area contributed by atoms with Crippen LogP contribution in [0.2, 0.25) is 0 Å². The number of hydrogen-bond donors (Lipinski definition) is 1. The molecule has 2 heterocycles. The predicted octanol–water partition coefficient (Wildman–Crippen LogP) is 5.31. The van der Waals surface area contributed by atoms with E-state index >= 15 is 0 Å². The molecule has 5 rings (SSSR count). The Morgan fingerprint density at radius 1 is 1.19 bits per heavy atom. The summed E-state index contributed by atoms with van der Waals surface area (Å²) in [6, 6.07) is 13.6. The fourth-order valence-corrected chi connectivity index (χ4v) is 4.57. The monoisotopic (exact) mass is 412 g/mol. The summed E-state index contributed by atoms with van der Waals surface area (Å²) in [7, 11) is 0. The van der Waals surface area contributed by atoms with Gasteiger partial charge >= 0.3 is 0 Å². The highest BCUT2D eigenvalue weighted by molar-refractivity contribution is 5.95. The van der Waals surface area contributed by atoms with Gasteiger partial charge in [-0.3, -0.25) is 9.89 Å². The number of hydrogen-bond acceptors (Lipinski definition) is 4. The average Bonchev–Trinajstić information content (AvgIpc) is 3.50. The Hall–Kier alpha value is -3.59. The molecule has 1 aliphatic heterocycles. The second-order valence-corrected chi connectivity index (χ2v) is 8.40. The van der Waals surface area contributed by atoms with Crippen LogP contribution >= 0.6 is 0 Å². The molecule has 0 unspecified atom stereocenters. The fraction of sp³-hybridized carbons (Fsp3) is 0.320. The number of H-pyrrole nitrogens is 1. The number of carbonyl (C=O) groups is 1. The molecular formula is C25H24N4O2. The summed E-state index contributed by atoms with van der Waals surface area (Å²) in [4.78, 5) is 14.3. The number of aromatic amines is 1. The molecule has 6 nitrogen and oxygen atoms in total. The van der Waals surface area contributed by atoms with E-state index in [9.17, 15) is 10.1 Å². The van der Waals surface area contributed by atoms with E-state index < -0.39 is 0 Å². The van der Waals surface area contributed by atoms with Crippen molar-refractivity contribution in [2.45, 2.75) is 51.5 Å². The molecule has 156 valence electrons. The molecule has 3 aromatic rings. The molecule has 31 heavy (non-hydrogen) atoms. The number of ether oxygens (including phenoxy) is 1. The van der Waals surface area contributed by atoms with Crippen LogP contribution in [0.3, 0.4) is 0 Å². The number of benzene rings is 2. The summed E-state index contributed by atoms with van der Waals surface area (Å²) in [6.45, 7) is 3.68. The van der Waals surface area contributed by atoms with Gasteiger partial charge < -0.3 is 9.64 Å². The minimum Gasteiger partial charge on any atom is -0.455 e. The second-order valence-electron chi connectivity index (χ2n) is 8.40. The van der Waals surface area contributed by atoms with E-state index in [0.29, 0.717) is 23.0 Å². The number of aromatic nitrogens is 2. The first kappa shape index (κ1) is 19.4. The Balaban J connectivity index is 1.71. The van der Waals surface area contributed by atoms with Crippen LogP contribution in [0.1, 0.15) is 55.8 Å². The maximum absolute atomic E-state index is 12.4. The zero-order chi connectivity index (χ0) is 21.5. The van der Waals surface area contributed by atoms with Gasteiger partial charge in [0.2, 0.25) is 5.91 Å². The van der Waals surface area contributed by atoms with Crippen molar-refractivity contribution in [1.82, 2.24) is 10.2 Å². The predicted molar refractivity (Wildman–Crippen MR) is 118 cm³/mol. The van der Waals surface area contributed by atoms with Crippen molar-refractivity contribution in [3.8, 4) is 28.7 Å². The highest BCUT2D eigenvalue weighted by Gasteiger charge is 2.33. The molecule has 1 amide bonds. The van der Waals surface area contributed by atoms with Crippen LogP contribution in [-0.2, 0) is 11.2 Å². The first-order chi connectivity index (χ1) is 15.1. The van der Waals surface area contributed by atoms with Crippen molar-refractivity contribution in [2.24, 2.45) is 0 Å². The lowest BCUT2D eigenvalue weighted by Gasteiger charge is -2.36. The van der Waals surface area contributed by atoms with Gasteiger partial charge in [-0.1, -0.05) is 12.1 Å². The summed E-state index contributed by atoms with van der Waals surface area (Å²) in [5, 5.41) is 17.0. The van der Waals surface area contributed by atoms with Crippen LogP contribution in [0.4, 0.5) is 5.69 Å². The smallest absolute Gasteiger partial charge is 0.224 e. The van der Waals surface area contributed by atoms with Crippen molar-refractivity contribution in [2.75, 3.05) is 4.90 Å². The van der Waals surface area contributed by atoms with Crippen LogP contribution in [0, 0.1) is 11.3 Å². The van der Waals surface area contributed by atoms with Gasteiger partial charge in [-0.05, 0) is 56.9 Å². The van der Waals surface area contributed by atoms with Crippen LogP contribution in [-0.4, -0.2) is 22.1 Å². The summed E-state index contributed by atoms with van der Waals surface area (Å²) < 4.78 is 6.47. The summed E-state index contributed by atoms with van der Waals surface area (Å²) in [5.74, 6) is 1.75. The minimum absolute atomic E-state index is 0.0200. The third-order valence-electron chi connectivity index (χ3n) is 6.25. The Labute approximate surface area is 181 Å². The molecule has 6 heteroatoms. The Kier molecular flexibility index (Phi) is 4.74. The van der Waals surface area contributed by atoms with E-state index in [2.05, 4.69) is 23.2 Å². The van der Waals surface area contributed by atoms with Gasteiger partial charge in [0.1, 0.15) is 17.6 Å². The van der Waals surface area contributed by atoms with Gasteiger partial charge in [-0.15, -0.1) is 0 Å². The molecule has 1 atom stereocenters. The SMILES string of the molecule is CC(=O)N1c2ccc(-c3cn[nH]c3C3CC3)c(Oc3ccccc3C#N)c2CC[C@@H]1C. The molecule has 1 N–H and O–H groups in total. The third-order valence-corrected chi connectivity index (χ3v) is 6.25. The molecule has 1 aliphatic carbocycles. The zero-order valence-electron chi connectivity index (χ0n) is 17.7. The number of fused-ring (bicyclic) bond motifs is 1. The molecule has 1 fully saturated rings. The molecule has 2 aromatic carbocycles. The molecule has 0 bridgehead atoms. The third kappa shape index (κ3) is 3.36. The molecule has 0 spiro atoms. The first-order valence-electron chi connectivity index (χ1n) is 10.7. The van der Waals surface area contributed by atoms with Gasteiger partial charge in [0.15, 0.2) is 0 Å². The van der Waals surface area contributed by atoms with Crippen molar-refractivity contribution < 1.29 is 9.53 Å². The van der Waals surface area contributed by atoms with Crippen LogP contribution in [0.15, 0.2) is 42.6 Å². The largest absolute Gasteiger partial charge is 0.455 e. The highest BCUT2D eigenvalue weighted by Crippen LogP contribution is 2.49. The van der Waals surface area contributed by atoms with E-state index in [1.807, 2.05) is 41.4 Å². The average molecular weight is 412 g/mol. The van der Waals surface area contributed by atoms with Gasteiger partial charge in [0, 0.05) is 41.3 Å². The number of nitriles is 1. The zero-order valence-corrected chi connectivity index (χ0v) is 17.7. The van der Waals surface area contributed by atoms with E-state index in [1.165, 1.54) is 0 Å². The van der Waals surface area contributed by atoms with Gasteiger partial charge in [-0.25, -0.2) is 0 Å². The summed E-state index contributed by atoms with van der Waals surface area (Å²) in [6.07, 6.45) is 5.82. The minimum atomic E-state index is 0.0200. The standard InChI is InChI=1S/C25H24N4O2/c1-15-7-10-20-22(29(15)16(2)30)12-11-19(21-14-27-28-24(21)17-8-9-17)25(20)31-23-6-4-3-5-18(23)13-26/h3-6,11-12,14-15,17H,7-10H2,1-2H3,(H,27,28)/t15-/m0/s1. The van der Waals surface area contributed by atoms with E-state index in [1.54, 1.807) is 13.0 Å². The topological polar surface area (TPSA) is 82.0 Å². The maximum atomic E-state index is 12.4. The number of rotatable bonds is 4. The molecule has 1 aromatic heterocycles. The first-order valence-corrected chi connectivity index (χ1v) is 10.7. The van der Waals surface area contributed by atoms with Crippen LogP contribution in [0.25, 0.3) is 11.1 Å². The van der Waals surface area contributed by atoms with Gasteiger partial charge in [0.05, 0.1) is 17.4 Å². The Bertz CT molecular complexity index is 1200. The second kappa shape index (κ2) is 7.59. The number of nitrogens with zero attached hydrogens (tertiary/aromatic N) is 3. The Morgan fingerprint density at radius 2 is 2.00 bits per heavy atom. The van der Waals surface area contributed by atoms with Crippen LogP contribution in [0.5, 0.6) is 11.5 Å². The number of para-hydroxylation sites is 1. The fourth-order valence-electron chi connectivity index (χ4n) is 4.57.